The maximum Gasteiger partial charge on any atom is 0.249 e. The van der Waals surface area contributed by atoms with Crippen molar-refractivity contribution in [3.63, 3.8) is 0 Å². The van der Waals surface area contributed by atoms with Crippen LogP contribution in [0.1, 0.15) is 128 Å². The summed E-state index contributed by atoms with van der Waals surface area (Å²) in [6.45, 7) is 31.7. The third-order valence-corrected chi connectivity index (χ3v) is 8.77. The molecule has 7 nitrogen and oxygen atoms in total. The Labute approximate surface area is 314 Å². The lowest BCUT2D eigenvalue weighted by molar-refractivity contribution is 0.331. The second kappa shape index (κ2) is 22.8. The van der Waals surface area contributed by atoms with Gasteiger partial charge in [0.1, 0.15) is 12.4 Å². The molecular weight excluding hydrogens is 649 g/mol. The molecule has 0 bridgehead atoms. The summed E-state index contributed by atoms with van der Waals surface area (Å²) in [6.07, 6.45) is 4.16. The first-order valence-electron chi connectivity index (χ1n) is 19.9. The number of hydrogen-bond acceptors (Lipinski definition) is 7. The molecule has 0 aliphatic carbocycles. The van der Waals surface area contributed by atoms with E-state index in [1.807, 2.05) is 66.4 Å². The Balaban J connectivity index is 0.000000437. The molecule has 0 saturated heterocycles. The van der Waals surface area contributed by atoms with Gasteiger partial charge < -0.3 is 14.5 Å². The third-order valence-electron chi connectivity index (χ3n) is 8.77. The second-order valence-electron chi connectivity index (χ2n) is 13.3. The number of anilines is 2. The smallest absolute Gasteiger partial charge is 0.249 e. The predicted octanol–water partition coefficient (Wildman–Crippen LogP) is 9.04. The van der Waals surface area contributed by atoms with Crippen molar-refractivity contribution in [1.29, 1.82) is 0 Å². The van der Waals surface area contributed by atoms with Crippen molar-refractivity contribution in [3.05, 3.63) is 116 Å². The highest BCUT2D eigenvalue weighted by molar-refractivity contribution is 5.60. The molecule has 0 radical (unpaired) electrons. The molecule has 0 unspecified atom stereocenters. The summed E-state index contributed by atoms with van der Waals surface area (Å²) >= 11 is 0. The lowest BCUT2D eigenvalue weighted by Crippen LogP contribution is -2.43. The summed E-state index contributed by atoms with van der Waals surface area (Å²) in [5.74, 6) is 2.11. The number of aryl methyl sites for hydroxylation is 1. The van der Waals surface area contributed by atoms with Crippen LogP contribution in [0.2, 0.25) is 0 Å². The Morgan fingerprint density at radius 2 is 1.02 bits per heavy atom. The normalized spacial score (nSPS) is 13.2. The van der Waals surface area contributed by atoms with Crippen molar-refractivity contribution in [2.45, 2.75) is 136 Å². The van der Waals surface area contributed by atoms with E-state index >= 15 is 0 Å². The molecule has 7 heteroatoms. The molecule has 4 aromatic rings. The van der Waals surface area contributed by atoms with Gasteiger partial charge in [-0.1, -0.05) is 113 Å². The molecule has 2 aliphatic heterocycles. The highest BCUT2D eigenvalue weighted by atomic mass is 16.5. The summed E-state index contributed by atoms with van der Waals surface area (Å²) in [6, 6.07) is 13.0. The van der Waals surface area contributed by atoms with Gasteiger partial charge >= 0.3 is 0 Å². The van der Waals surface area contributed by atoms with Gasteiger partial charge in [-0.3, -0.25) is 19.2 Å². The minimum Gasteiger partial charge on any atom is -0.491 e. The first kappa shape index (κ1) is 46.0. The molecule has 0 N–H and O–H groups in total. The van der Waals surface area contributed by atoms with Crippen LogP contribution >= 0.6 is 0 Å². The molecule has 0 atom stereocenters. The van der Waals surface area contributed by atoms with E-state index in [2.05, 4.69) is 62.9 Å². The number of hydrogen-bond donors (Lipinski definition) is 0. The summed E-state index contributed by atoms with van der Waals surface area (Å²) in [5, 5.41) is 0. The molecule has 52 heavy (non-hydrogen) atoms. The molecule has 4 aromatic carbocycles. The summed E-state index contributed by atoms with van der Waals surface area (Å²) in [4.78, 5) is 50.7. The summed E-state index contributed by atoms with van der Waals surface area (Å²) in [7, 11) is 0. The zero-order valence-corrected chi connectivity index (χ0v) is 34.9. The van der Waals surface area contributed by atoms with Crippen LogP contribution in [0.3, 0.4) is 0 Å². The van der Waals surface area contributed by atoms with E-state index in [1.165, 1.54) is 22.3 Å². The lowest BCUT2D eigenvalue weighted by Gasteiger charge is -2.25. The fraction of sp³-hybridized carbons (Fsp3) is 0.556. The van der Waals surface area contributed by atoms with Crippen molar-refractivity contribution in [2.75, 3.05) is 29.5 Å². The zero-order chi connectivity index (χ0) is 39.7. The topological polar surface area (TPSA) is 84.0 Å². The lowest BCUT2D eigenvalue weighted by atomic mass is 9.96. The van der Waals surface area contributed by atoms with E-state index in [0.29, 0.717) is 54.0 Å². The second-order valence-corrected chi connectivity index (χ2v) is 13.3. The molecule has 2 heterocycles. The standard InChI is InChI=1S/C19H23NO2.C18H21NO3.4C2H6/c1-12(2)9-14-6-7-15-5-4-8-20(11-16(15)10-14)17-13(3)18(21)19(17)22;1-11(2)8-13-4-5-15-14(9-13)10-19(6-7-22-15)16-12(3)17(20)18(16)21;4*1-2/h6-7,10,12H,4-5,8-9,11H2,1-3H3;4-5,9,11H,6-8,10H2,1-3H3;4*1-2H3. The van der Waals surface area contributed by atoms with Crippen molar-refractivity contribution in [2.24, 2.45) is 11.8 Å². The van der Waals surface area contributed by atoms with Gasteiger partial charge in [-0.05, 0) is 79.7 Å². The van der Waals surface area contributed by atoms with Gasteiger partial charge in [0.25, 0.3) is 0 Å². The maximum absolute atomic E-state index is 11.9. The number of nitrogens with zero attached hydrogens (tertiary/aromatic N) is 2. The molecule has 0 amide bonds. The van der Waals surface area contributed by atoms with Crippen LogP contribution in [-0.4, -0.2) is 19.7 Å². The molecule has 0 fully saturated rings. The molecular formula is C45H68N2O5. The minimum absolute atomic E-state index is 0.306. The third kappa shape index (κ3) is 11.5. The van der Waals surface area contributed by atoms with Gasteiger partial charge in [0.15, 0.2) is 0 Å². The van der Waals surface area contributed by atoms with Crippen LogP contribution in [0, 0.1) is 25.7 Å². The van der Waals surface area contributed by atoms with Crippen LogP contribution in [0.15, 0.2) is 55.6 Å². The molecule has 0 aromatic heterocycles. The molecule has 6 rings (SSSR count). The van der Waals surface area contributed by atoms with E-state index in [-0.39, 0.29) is 21.7 Å². The SMILES string of the molecule is CC.CC.CC.CC.Cc1c(N2CCCc3ccc(CC(C)C)cc3C2)c(=O)c1=O.Cc1c(N2CCOc3ccc(CC(C)C)cc3C2)c(=O)c1=O. The van der Waals surface area contributed by atoms with E-state index < -0.39 is 0 Å². The Kier molecular flexibility index (Phi) is 20.2. The first-order valence-corrected chi connectivity index (χ1v) is 19.9. The Bertz CT molecular complexity index is 1670. The molecule has 2 aliphatic rings. The van der Waals surface area contributed by atoms with Gasteiger partial charge in [0.2, 0.25) is 21.7 Å². The summed E-state index contributed by atoms with van der Waals surface area (Å²) < 4.78 is 5.79. The highest BCUT2D eigenvalue weighted by Gasteiger charge is 2.26. The minimum atomic E-state index is -0.362. The predicted molar refractivity (Wildman–Crippen MR) is 223 cm³/mol. The molecule has 0 spiro atoms. The zero-order valence-electron chi connectivity index (χ0n) is 34.9. The fourth-order valence-corrected chi connectivity index (χ4v) is 6.59. The van der Waals surface area contributed by atoms with Crippen molar-refractivity contribution in [1.82, 2.24) is 0 Å². The number of rotatable bonds is 6. The van der Waals surface area contributed by atoms with Gasteiger partial charge in [-0.2, -0.15) is 0 Å². The van der Waals surface area contributed by atoms with Crippen molar-refractivity contribution < 1.29 is 4.74 Å². The molecule has 0 saturated carbocycles. The van der Waals surface area contributed by atoms with Crippen molar-refractivity contribution >= 4 is 11.4 Å². The van der Waals surface area contributed by atoms with Crippen molar-refractivity contribution in [3.8, 4) is 5.75 Å². The van der Waals surface area contributed by atoms with Gasteiger partial charge in [-0.15, -0.1) is 0 Å². The van der Waals surface area contributed by atoms with Gasteiger partial charge in [-0.25, -0.2) is 0 Å². The first-order chi connectivity index (χ1) is 24.9. The van der Waals surface area contributed by atoms with Crippen LogP contribution in [0.25, 0.3) is 0 Å². The Hall–Kier alpha value is -4.00. The van der Waals surface area contributed by atoms with Crippen LogP contribution in [-0.2, 0) is 32.4 Å². The maximum atomic E-state index is 11.9. The van der Waals surface area contributed by atoms with Gasteiger partial charge in [0, 0.05) is 36.3 Å². The quantitative estimate of drug-likeness (QED) is 0.184. The van der Waals surface area contributed by atoms with E-state index in [9.17, 15) is 19.2 Å². The molecule has 288 valence electrons. The largest absolute Gasteiger partial charge is 0.491 e. The number of benzene rings is 2. The average molecular weight is 717 g/mol. The fourth-order valence-electron chi connectivity index (χ4n) is 6.59. The van der Waals surface area contributed by atoms with Crippen LogP contribution in [0.5, 0.6) is 5.75 Å². The highest BCUT2D eigenvalue weighted by Crippen LogP contribution is 2.28. The summed E-state index contributed by atoms with van der Waals surface area (Å²) in [5.41, 5.74) is 7.50. The number of ether oxygens (including phenoxy) is 1. The van der Waals surface area contributed by atoms with E-state index in [4.69, 9.17) is 4.74 Å². The Morgan fingerprint density at radius 1 is 0.577 bits per heavy atom. The van der Waals surface area contributed by atoms with Crippen LogP contribution < -0.4 is 36.3 Å². The monoisotopic (exact) mass is 717 g/mol. The average Bonchev–Trinajstić information content (AvgIpc) is 3.49. The van der Waals surface area contributed by atoms with Crippen LogP contribution in [0.4, 0.5) is 11.4 Å². The number of fused-ring (bicyclic) bond motifs is 2. The van der Waals surface area contributed by atoms with Gasteiger partial charge in [0.05, 0.1) is 17.9 Å². The van der Waals surface area contributed by atoms with E-state index in [1.54, 1.807) is 13.8 Å². The Morgan fingerprint density at radius 3 is 1.50 bits per heavy atom. The van der Waals surface area contributed by atoms with E-state index in [0.717, 1.165) is 50.1 Å².